The first kappa shape index (κ1) is 12.8. The van der Waals surface area contributed by atoms with Crippen molar-refractivity contribution in [1.29, 1.82) is 0 Å². The van der Waals surface area contributed by atoms with Gasteiger partial charge >= 0.3 is 5.97 Å². The van der Waals surface area contributed by atoms with Crippen molar-refractivity contribution in [3.63, 3.8) is 0 Å². The van der Waals surface area contributed by atoms with Gasteiger partial charge in [0, 0.05) is 11.8 Å². The van der Waals surface area contributed by atoms with E-state index in [1.807, 2.05) is 24.4 Å². The molecule has 0 aliphatic carbocycles. The van der Waals surface area contributed by atoms with Gasteiger partial charge in [0.05, 0.1) is 5.01 Å². The van der Waals surface area contributed by atoms with Gasteiger partial charge in [-0.15, -0.1) is 11.3 Å². The van der Waals surface area contributed by atoms with Crippen LogP contribution in [0, 0.1) is 6.92 Å². The SMILES string of the molecule is Cc1ccc(-c2csc(CCC(N)C(=O)O)n2)o1. The Balaban J connectivity index is 2.00. The normalized spacial score (nSPS) is 12.6. The van der Waals surface area contributed by atoms with Crippen molar-refractivity contribution >= 4 is 17.3 Å². The summed E-state index contributed by atoms with van der Waals surface area (Å²) in [6, 6.07) is 2.93. The second-order valence-corrected chi connectivity index (χ2v) is 4.96. The molecule has 96 valence electrons. The van der Waals surface area contributed by atoms with Gasteiger partial charge in [-0.25, -0.2) is 4.98 Å². The van der Waals surface area contributed by atoms with E-state index in [2.05, 4.69) is 4.98 Å². The summed E-state index contributed by atoms with van der Waals surface area (Å²) in [5.41, 5.74) is 6.23. The van der Waals surface area contributed by atoms with Crippen LogP contribution in [0.15, 0.2) is 21.9 Å². The summed E-state index contributed by atoms with van der Waals surface area (Å²) in [5.74, 6) is 0.596. The Labute approximate surface area is 108 Å². The number of carbonyl (C=O) groups is 1. The number of thiazole rings is 1. The van der Waals surface area contributed by atoms with Crippen LogP contribution < -0.4 is 5.73 Å². The van der Waals surface area contributed by atoms with E-state index in [1.54, 1.807) is 0 Å². The fourth-order valence-corrected chi connectivity index (χ4v) is 2.32. The largest absolute Gasteiger partial charge is 0.480 e. The van der Waals surface area contributed by atoms with Gasteiger partial charge in [0.1, 0.15) is 17.5 Å². The highest BCUT2D eigenvalue weighted by molar-refractivity contribution is 7.09. The molecule has 0 saturated carbocycles. The number of nitrogens with two attached hydrogens (primary N) is 1. The molecule has 2 heterocycles. The minimum Gasteiger partial charge on any atom is -0.480 e. The molecule has 18 heavy (non-hydrogen) atoms. The van der Waals surface area contributed by atoms with Crippen molar-refractivity contribution < 1.29 is 14.3 Å². The van der Waals surface area contributed by atoms with E-state index in [0.29, 0.717) is 12.8 Å². The maximum absolute atomic E-state index is 10.6. The fraction of sp³-hybridized carbons (Fsp3) is 0.333. The maximum atomic E-state index is 10.6. The first-order chi connectivity index (χ1) is 8.56. The number of aromatic nitrogens is 1. The molecule has 0 amide bonds. The third-order valence-corrected chi connectivity index (χ3v) is 3.44. The Morgan fingerprint density at radius 1 is 1.61 bits per heavy atom. The van der Waals surface area contributed by atoms with Crippen LogP contribution in [0.25, 0.3) is 11.5 Å². The number of aryl methyl sites for hydroxylation is 2. The van der Waals surface area contributed by atoms with Crippen molar-refractivity contribution in [2.24, 2.45) is 5.73 Å². The third kappa shape index (κ3) is 2.96. The molecular weight excluding hydrogens is 252 g/mol. The van der Waals surface area contributed by atoms with Crippen molar-refractivity contribution in [2.75, 3.05) is 0 Å². The maximum Gasteiger partial charge on any atom is 0.320 e. The van der Waals surface area contributed by atoms with Crippen LogP contribution in [0.5, 0.6) is 0 Å². The zero-order valence-corrected chi connectivity index (χ0v) is 10.7. The molecule has 6 heteroatoms. The molecule has 0 spiro atoms. The number of hydrogen-bond donors (Lipinski definition) is 2. The molecule has 0 aliphatic rings. The zero-order chi connectivity index (χ0) is 13.1. The van der Waals surface area contributed by atoms with Crippen LogP contribution >= 0.6 is 11.3 Å². The number of nitrogens with zero attached hydrogens (tertiary/aromatic N) is 1. The van der Waals surface area contributed by atoms with Gasteiger partial charge in [-0.3, -0.25) is 4.79 Å². The highest BCUT2D eigenvalue weighted by atomic mass is 32.1. The summed E-state index contributed by atoms with van der Waals surface area (Å²) in [7, 11) is 0. The van der Waals surface area contributed by atoms with Crippen LogP contribution in [-0.4, -0.2) is 22.1 Å². The number of furan rings is 1. The first-order valence-corrected chi connectivity index (χ1v) is 6.44. The Morgan fingerprint density at radius 3 is 3.00 bits per heavy atom. The summed E-state index contributed by atoms with van der Waals surface area (Å²) in [4.78, 5) is 15.0. The van der Waals surface area contributed by atoms with E-state index >= 15 is 0 Å². The number of aliphatic carboxylic acids is 1. The molecule has 1 unspecified atom stereocenters. The predicted molar refractivity (Wildman–Crippen MR) is 68.5 cm³/mol. The molecule has 5 nitrogen and oxygen atoms in total. The molecule has 0 aromatic carbocycles. The molecule has 1 atom stereocenters. The molecule has 0 saturated heterocycles. The molecule has 0 radical (unpaired) electrons. The van der Waals surface area contributed by atoms with Crippen LogP contribution in [0.2, 0.25) is 0 Å². The summed E-state index contributed by atoms with van der Waals surface area (Å²) in [6.07, 6.45) is 0.956. The number of hydrogen-bond acceptors (Lipinski definition) is 5. The zero-order valence-electron chi connectivity index (χ0n) is 9.92. The van der Waals surface area contributed by atoms with Crippen molar-refractivity contribution in [3.8, 4) is 11.5 Å². The lowest BCUT2D eigenvalue weighted by molar-refractivity contribution is -0.138. The molecule has 2 rings (SSSR count). The quantitative estimate of drug-likeness (QED) is 0.864. The van der Waals surface area contributed by atoms with Gasteiger partial charge in [0.2, 0.25) is 0 Å². The highest BCUT2D eigenvalue weighted by Gasteiger charge is 2.13. The number of rotatable bonds is 5. The van der Waals surface area contributed by atoms with Crippen molar-refractivity contribution in [1.82, 2.24) is 4.98 Å². The number of carboxylic acids is 1. The lowest BCUT2D eigenvalue weighted by atomic mass is 10.2. The van der Waals surface area contributed by atoms with Gasteiger partial charge in [0.15, 0.2) is 5.76 Å². The van der Waals surface area contributed by atoms with Gasteiger partial charge in [-0.1, -0.05) is 0 Å². The van der Waals surface area contributed by atoms with E-state index < -0.39 is 12.0 Å². The average molecular weight is 266 g/mol. The topological polar surface area (TPSA) is 89.4 Å². The van der Waals surface area contributed by atoms with Crippen LogP contribution in [0.4, 0.5) is 0 Å². The minimum absolute atomic E-state index is 0.388. The molecule has 0 fully saturated rings. The predicted octanol–water partition coefficient (Wildman–Crippen LogP) is 2.06. The molecule has 3 N–H and O–H groups in total. The Morgan fingerprint density at radius 2 is 2.39 bits per heavy atom. The smallest absolute Gasteiger partial charge is 0.320 e. The molecular formula is C12H14N2O3S. The van der Waals surface area contributed by atoms with Crippen LogP contribution in [0.3, 0.4) is 0 Å². The standard InChI is InChI=1S/C12H14N2O3S/c1-7-2-4-10(17-7)9-6-18-11(14-9)5-3-8(13)12(15)16/h2,4,6,8H,3,5,13H2,1H3,(H,15,16). The Kier molecular flexibility index (Phi) is 3.78. The second kappa shape index (κ2) is 5.32. The minimum atomic E-state index is -0.978. The van der Waals surface area contributed by atoms with E-state index in [-0.39, 0.29) is 0 Å². The van der Waals surface area contributed by atoms with E-state index in [1.165, 1.54) is 11.3 Å². The molecule has 2 aromatic heterocycles. The van der Waals surface area contributed by atoms with E-state index in [4.69, 9.17) is 15.3 Å². The third-order valence-electron chi connectivity index (χ3n) is 2.53. The second-order valence-electron chi connectivity index (χ2n) is 4.02. The van der Waals surface area contributed by atoms with Crippen molar-refractivity contribution in [3.05, 3.63) is 28.3 Å². The highest BCUT2D eigenvalue weighted by Crippen LogP contribution is 2.24. The number of carboxylic acid groups (broad SMARTS) is 1. The lowest BCUT2D eigenvalue weighted by Crippen LogP contribution is -2.30. The van der Waals surface area contributed by atoms with Crippen LogP contribution in [0.1, 0.15) is 17.2 Å². The Bertz CT molecular complexity index is 547. The van der Waals surface area contributed by atoms with Gasteiger partial charge < -0.3 is 15.3 Å². The molecule has 2 aromatic rings. The van der Waals surface area contributed by atoms with Gasteiger partial charge in [-0.05, 0) is 25.5 Å². The fourth-order valence-electron chi connectivity index (χ4n) is 1.51. The van der Waals surface area contributed by atoms with Crippen LogP contribution in [-0.2, 0) is 11.2 Å². The summed E-state index contributed by atoms with van der Waals surface area (Å²) >= 11 is 1.49. The average Bonchev–Trinajstić information content (AvgIpc) is 2.94. The van der Waals surface area contributed by atoms with Gasteiger partial charge in [-0.2, -0.15) is 0 Å². The first-order valence-electron chi connectivity index (χ1n) is 5.56. The monoisotopic (exact) mass is 266 g/mol. The van der Waals surface area contributed by atoms with Gasteiger partial charge in [0.25, 0.3) is 0 Å². The molecule has 0 bridgehead atoms. The van der Waals surface area contributed by atoms with E-state index in [0.717, 1.165) is 22.2 Å². The summed E-state index contributed by atoms with van der Waals surface area (Å²) in [5, 5.41) is 11.5. The van der Waals surface area contributed by atoms with E-state index in [9.17, 15) is 4.79 Å². The lowest BCUT2D eigenvalue weighted by Gasteiger charge is -2.03. The summed E-state index contributed by atoms with van der Waals surface area (Å²) in [6.45, 7) is 1.88. The molecule has 0 aliphatic heterocycles. The summed E-state index contributed by atoms with van der Waals surface area (Å²) < 4.78 is 5.47. The Hall–Kier alpha value is -1.66. The van der Waals surface area contributed by atoms with Crippen molar-refractivity contribution in [2.45, 2.75) is 25.8 Å².